The smallest absolute Gasteiger partial charge is 0.233 e. The number of nitrogens with zero attached hydrogens (tertiary/aromatic N) is 4. The van der Waals surface area contributed by atoms with Crippen LogP contribution in [0.2, 0.25) is 0 Å². The van der Waals surface area contributed by atoms with Crippen LogP contribution in [0.5, 0.6) is 5.75 Å². The number of nitrogens with one attached hydrogen (secondary N) is 1. The monoisotopic (exact) mass is 341 g/mol. The number of benzene rings is 1. The van der Waals surface area contributed by atoms with Crippen molar-refractivity contribution in [2.45, 2.75) is 50.5 Å². The molecule has 1 amide bonds. The van der Waals surface area contributed by atoms with Gasteiger partial charge in [-0.1, -0.05) is 30.3 Å². The highest BCUT2D eigenvalue weighted by molar-refractivity contribution is 5.83. The number of rotatable bonds is 3. The Morgan fingerprint density at radius 3 is 3.08 bits per heavy atom. The van der Waals surface area contributed by atoms with Crippen molar-refractivity contribution in [3.8, 4) is 5.75 Å². The summed E-state index contributed by atoms with van der Waals surface area (Å²) in [5.41, 5.74) is 0.993. The van der Waals surface area contributed by atoms with Crippen molar-refractivity contribution in [2.75, 3.05) is 13.1 Å². The van der Waals surface area contributed by atoms with Gasteiger partial charge in [-0.2, -0.15) is 5.21 Å². The summed E-state index contributed by atoms with van der Waals surface area (Å²) in [4.78, 5) is 15.0. The van der Waals surface area contributed by atoms with Crippen molar-refractivity contribution >= 4 is 5.91 Å². The van der Waals surface area contributed by atoms with Crippen LogP contribution in [0.1, 0.15) is 49.9 Å². The fraction of sp³-hybridized carbons (Fsp3) is 0.556. The molecule has 2 aromatic rings. The maximum atomic E-state index is 13.0. The molecule has 2 aliphatic heterocycles. The topological polar surface area (TPSA) is 84.0 Å². The van der Waals surface area contributed by atoms with E-state index in [0.29, 0.717) is 18.8 Å². The van der Waals surface area contributed by atoms with Gasteiger partial charge in [-0.3, -0.25) is 4.79 Å². The molecule has 0 saturated carbocycles. The predicted molar refractivity (Wildman–Crippen MR) is 91.1 cm³/mol. The fourth-order valence-electron chi connectivity index (χ4n) is 4.04. The lowest BCUT2D eigenvalue weighted by molar-refractivity contribution is -0.139. The van der Waals surface area contributed by atoms with Gasteiger partial charge in [0.2, 0.25) is 5.91 Å². The minimum atomic E-state index is -0.343. The zero-order valence-electron chi connectivity index (χ0n) is 14.4. The third-order valence-electron chi connectivity index (χ3n) is 5.38. The number of piperidine rings is 1. The maximum absolute atomic E-state index is 13.0. The van der Waals surface area contributed by atoms with E-state index in [1.807, 2.05) is 30.0 Å². The molecule has 1 aromatic carbocycles. The first-order valence-electron chi connectivity index (χ1n) is 9.00. The fourth-order valence-corrected chi connectivity index (χ4v) is 4.04. The number of para-hydroxylation sites is 1. The number of likely N-dealkylation sites (tertiary alicyclic amines) is 1. The molecule has 2 aliphatic rings. The van der Waals surface area contributed by atoms with E-state index in [9.17, 15) is 4.79 Å². The number of amides is 1. The summed E-state index contributed by atoms with van der Waals surface area (Å²) in [5, 5.41) is 14.1. The van der Waals surface area contributed by atoms with Crippen molar-refractivity contribution in [1.82, 2.24) is 25.5 Å². The van der Waals surface area contributed by atoms with E-state index in [2.05, 4.69) is 26.7 Å². The highest BCUT2D eigenvalue weighted by Gasteiger charge is 2.42. The summed E-state index contributed by atoms with van der Waals surface area (Å²) in [5.74, 6) is 1.17. The van der Waals surface area contributed by atoms with Gasteiger partial charge in [-0.15, -0.1) is 10.2 Å². The molecule has 7 nitrogen and oxygen atoms in total. The Kier molecular flexibility index (Phi) is 4.15. The number of hydrogen-bond acceptors (Lipinski definition) is 5. The van der Waals surface area contributed by atoms with Crippen molar-refractivity contribution < 1.29 is 9.53 Å². The maximum Gasteiger partial charge on any atom is 0.233 e. The minimum absolute atomic E-state index is 0.0745. The van der Waals surface area contributed by atoms with E-state index in [1.165, 1.54) is 5.56 Å². The lowest BCUT2D eigenvalue weighted by Crippen LogP contribution is -2.55. The second-order valence-electron chi connectivity index (χ2n) is 6.99. The molecular weight excluding hydrogens is 318 g/mol. The molecule has 132 valence electrons. The van der Waals surface area contributed by atoms with Crippen molar-refractivity contribution in [1.29, 1.82) is 0 Å². The molecular formula is C18H23N5O2. The molecule has 0 aliphatic carbocycles. The molecule has 1 fully saturated rings. The lowest BCUT2D eigenvalue weighted by Gasteiger charge is -2.46. The molecule has 1 aromatic heterocycles. The second-order valence-corrected chi connectivity index (χ2v) is 6.99. The predicted octanol–water partition coefficient (Wildman–Crippen LogP) is 2.08. The number of aromatic amines is 1. The molecule has 1 saturated heterocycles. The Balaban J connectivity index is 1.52. The van der Waals surface area contributed by atoms with Gasteiger partial charge in [0.15, 0.2) is 5.82 Å². The van der Waals surface area contributed by atoms with Gasteiger partial charge in [0.05, 0.1) is 6.54 Å². The first-order valence-corrected chi connectivity index (χ1v) is 9.00. The van der Waals surface area contributed by atoms with E-state index in [1.54, 1.807) is 0 Å². The van der Waals surface area contributed by atoms with Crippen molar-refractivity contribution in [3.63, 3.8) is 0 Å². The quantitative estimate of drug-likeness (QED) is 0.924. The third kappa shape index (κ3) is 2.99. The summed E-state index contributed by atoms with van der Waals surface area (Å²) in [6.45, 7) is 3.38. The molecule has 1 spiro atoms. The van der Waals surface area contributed by atoms with Crippen LogP contribution < -0.4 is 4.74 Å². The minimum Gasteiger partial charge on any atom is -0.485 e. The van der Waals surface area contributed by atoms with E-state index in [0.717, 1.165) is 38.0 Å². The molecule has 25 heavy (non-hydrogen) atoms. The van der Waals surface area contributed by atoms with Gasteiger partial charge in [0.1, 0.15) is 17.3 Å². The average Bonchev–Trinajstić information content (AvgIpc) is 3.16. The largest absolute Gasteiger partial charge is 0.485 e. The molecule has 2 atom stereocenters. The van der Waals surface area contributed by atoms with Gasteiger partial charge in [0.25, 0.3) is 0 Å². The Morgan fingerprint density at radius 1 is 1.40 bits per heavy atom. The molecule has 4 rings (SSSR count). The summed E-state index contributed by atoms with van der Waals surface area (Å²) in [7, 11) is 0. The summed E-state index contributed by atoms with van der Waals surface area (Å²) in [6.07, 6.45) is 4.55. The van der Waals surface area contributed by atoms with E-state index in [4.69, 9.17) is 4.74 Å². The Bertz CT molecular complexity index is 748. The van der Waals surface area contributed by atoms with Crippen LogP contribution in [0.15, 0.2) is 24.3 Å². The normalized spacial score (nSPS) is 23.8. The third-order valence-corrected chi connectivity index (χ3v) is 5.38. The van der Waals surface area contributed by atoms with Gasteiger partial charge >= 0.3 is 0 Å². The van der Waals surface area contributed by atoms with Gasteiger partial charge in [-0.25, -0.2) is 0 Å². The number of carbonyl (C=O) groups is 1. The SMILES string of the molecule is CCC(C(=O)N1CCCC2(CCc3ccccc3O2)C1)c1nn[nH]n1. The Labute approximate surface area is 146 Å². The van der Waals surface area contributed by atoms with Crippen LogP contribution in [0.25, 0.3) is 0 Å². The van der Waals surface area contributed by atoms with E-state index >= 15 is 0 Å². The van der Waals surface area contributed by atoms with Crippen LogP contribution in [0, 0.1) is 0 Å². The molecule has 0 radical (unpaired) electrons. The van der Waals surface area contributed by atoms with Gasteiger partial charge < -0.3 is 9.64 Å². The number of hydrogen-bond donors (Lipinski definition) is 1. The van der Waals surface area contributed by atoms with Crippen molar-refractivity contribution in [3.05, 3.63) is 35.7 Å². The summed E-state index contributed by atoms with van der Waals surface area (Å²) in [6, 6.07) is 8.21. The molecule has 0 bridgehead atoms. The summed E-state index contributed by atoms with van der Waals surface area (Å²) < 4.78 is 6.40. The zero-order valence-corrected chi connectivity index (χ0v) is 14.4. The van der Waals surface area contributed by atoms with Crippen molar-refractivity contribution in [2.24, 2.45) is 0 Å². The molecule has 3 heterocycles. The number of fused-ring (bicyclic) bond motifs is 1. The number of ether oxygens (including phenoxy) is 1. The summed E-state index contributed by atoms with van der Waals surface area (Å²) >= 11 is 0. The van der Waals surface area contributed by atoms with Crippen LogP contribution >= 0.6 is 0 Å². The number of tetrazole rings is 1. The lowest BCUT2D eigenvalue weighted by atomic mass is 9.83. The van der Waals surface area contributed by atoms with Crippen LogP contribution in [-0.2, 0) is 11.2 Å². The number of aromatic nitrogens is 4. The standard InChI is InChI=1S/C18H23N5O2/c1-2-14(16-19-21-22-20-16)17(24)23-11-5-9-18(12-23)10-8-13-6-3-4-7-15(13)25-18/h3-4,6-7,14H,2,5,8-12H2,1H3,(H,19,20,21,22). The highest BCUT2D eigenvalue weighted by atomic mass is 16.5. The number of carbonyl (C=O) groups excluding carboxylic acids is 1. The zero-order chi connectivity index (χ0) is 17.3. The van der Waals surface area contributed by atoms with Crippen LogP contribution in [-0.4, -0.2) is 50.1 Å². The Morgan fingerprint density at radius 2 is 2.28 bits per heavy atom. The molecule has 1 N–H and O–H groups in total. The van der Waals surface area contributed by atoms with Crippen LogP contribution in [0.3, 0.4) is 0 Å². The Hall–Kier alpha value is -2.44. The highest BCUT2D eigenvalue weighted by Crippen LogP contribution is 2.38. The molecule has 7 heteroatoms. The van der Waals surface area contributed by atoms with Gasteiger partial charge in [-0.05, 0) is 43.7 Å². The van der Waals surface area contributed by atoms with E-state index < -0.39 is 0 Å². The first-order chi connectivity index (χ1) is 12.2. The van der Waals surface area contributed by atoms with Crippen LogP contribution in [0.4, 0.5) is 0 Å². The average molecular weight is 341 g/mol. The number of H-pyrrole nitrogens is 1. The van der Waals surface area contributed by atoms with E-state index in [-0.39, 0.29) is 17.4 Å². The molecule has 2 unspecified atom stereocenters. The number of aryl methyl sites for hydroxylation is 1. The van der Waals surface area contributed by atoms with Gasteiger partial charge in [0, 0.05) is 6.54 Å². The second kappa shape index (κ2) is 6.46. The first kappa shape index (κ1) is 16.1.